The summed E-state index contributed by atoms with van der Waals surface area (Å²) in [5.41, 5.74) is 13.6. The molecule has 0 spiro atoms. The zero-order valence-electron chi connectivity index (χ0n) is 28.7. The van der Waals surface area contributed by atoms with Crippen LogP contribution in [0.5, 0.6) is 0 Å². The van der Waals surface area contributed by atoms with Crippen LogP contribution in [-0.2, 0) is 0 Å². The molecule has 0 fully saturated rings. The molecule has 3 nitrogen and oxygen atoms in total. The summed E-state index contributed by atoms with van der Waals surface area (Å²) in [5, 5.41) is 22.5. The van der Waals surface area contributed by atoms with Crippen LogP contribution in [0.1, 0.15) is 16.7 Å². The van der Waals surface area contributed by atoms with Crippen LogP contribution in [0.25, 0.3) is 55.3 Å². The van der Waals surface area contributed by atoms with Crippen molar-refractivity contribution in [1.82, 2.24) is 0 Å². The third-order valence-electron chi connectivity index (χ3n) is 9.70. The fourth-order valence-electron chi connectivity index (χ4n) is 7.19. The van der Waals surface area contributed by atoms with Gasteiger partial charge in [-0.1, -0.05) is 127 Å². The molecule has 0 bridgehead atoms. The molecule has 0 aliphatic heterocycles. The van der Waals surface area contributed by atoms with E-state index in [1.807, 2.05) is 66.7 Å². The van der Waals surface area contributed by atoms with Gasteiger partial charge in [0.1, 0.15) is 0 Å². The number of anilines is 3. The highest BCUT2D eigenvalue weighted by Gasteiger charge is 2.18. The average molecular weight is 664 g/mol. The van der Waals surface area contributed by atoms with Gasteiger partial charge in [-0.15, -0.1) is 0 Å². The van der Waals surface area contributed by atoms with Crippen LogP contribution in [0, 0.1) is 29.6 Å². The molecule has 0 saturated heterocycles. The van der Waals surface area contributed by atoms with E-state index in [0.717, 1.165) is 44.9 Å². The minimum atomic E-state index is 0.593. The van der Waals surface area contributed by atoms with Gasteiger partial charge in [0.15, 0.2) is 0 Å². The summed E-state index contributed by atoms with van der Waals surface area (Å²) in [5.74, 6) is 0. The summed E-state index contributed by atoms with van der Waals surface area (Å²) in [6, 6.07) is 67.1. The van der Waals surface area contributed by atoms with Gasteiger partial charge in [0.05, 0.1) is 23.3 Å². The number of benzene rings is 8. The number of para-hydroxylation sites is 1. The summed E-state index contributed by atoms with van der Waals surface area (Å²) in [6.45, 7) is 2.17. The van der Waals surface area contributed by atoms with E-state index in [0.29, 0.717) is 11.1 Å². The van der Waals surface area contributed by atoms with Crippen LogP contribution in [0.2, 0.25) is 0 Å². The van der Waals surface area contributed by atoms with Crippen LogP contribution in [0.15, 0.2) is 182 Å². The maximum atomic E-state index is 10.1. The van der Waals surface area contributed by atoms with E-state index in [4.69, 9.17) is 0 Å². The van der Waals surface area contributed by atoms with Crippen LogP contribution in [0.3, 0.4) is 0 Å². The van der Waals surface area contributed by atoms with Crippen LogP contribution >= 0.6 is 0 Å². The Hall–Kier alpha value is -7.20. The number of fused-ring (bicyclic) bond motifs is 1. The first-order valence-corrected chi connectivity index (χ1v) is 17.3. The normalized spacial score (nSPS) is 10.8. The minimum absolute atomic E-state index is 0.593. The van der Waals surface area contributed by atoms with E-state index in [-0.39, 0.29) is 0 Å². The molecule has 8 aromatic carbocycles. The fraction of sp³-hybridized carbons (Fsp3) is 0.0204. The van der Waals surface area contributed by atoms with Crippen LogP contribution in [0.4, 0.5) is 17.1 Å². The lowest BCUT2D eigenvalue weighted by Gasteiger charge is -2.27. The standard InChI is InChI=1S/C49H33N3/c1-34-13-5-8-18-43(34)49-28-27-46(47-21-11-12-22-48(47)49)35-23-25-41(26-24-35)52(40-16-3-2-4-17-40)42-30-38(44-19-9-6-14-36(44)32-50)29-39(31-42)45-20-10-7-15-37(45)33-51/h2-31H,1H3. The third kappa shape index (κ3) is 5.98. The van der Waals surface area contributed by atoms with Gasteiger partial charge in [-0.3, -0.25) is 0 Å². The Morgan fingerprint density at radius 1 is 0.365 bits per heavy atom. The molecule has 0 amide bonds. The third-order valence-corrected chi connectivity index (χ3v) is 9.70. The zero-order valence-corrected chi connectivity index (χ0v) is 28.7. The topological polar surface area (TPSA) is 50.8 Å². The van der Waals surface area contributed by atoms with E-state index in [1.165, 1.54) is 33.0 Å². The Morgan fingerprint density at radius 2 is 0.846 bits per heavy atom. The largest absolute Gasteiger partial charge is 0.310 e. The Kier molecular flexibility index (Phi) is 8.60. The second kappa shape index (κ2) is 14.0. The van der Waals surface area contributed by atoms with Crippen molar-refractivity contribution in [2.75, 3.05) is 4.90 Å². The predicted octanol–water partition coefficient (Wildman–Crippen LogP) is 13.0. The van der Waals surface area contributed by atoms with Crippen molar-refractivity contribution in [2.24, 2.45) is 0 Å². The molecule has 0 aliphatic rings. The van der Waals surface area contributed by atoms with E-state index in [1.54, 1.807) is 0 Å². The molecule has 0 aliphatic carbocycles. The van der Waals surface area contributed by atoms with E-state index < -0.39 is 0 Å². The van der Waals surface area contributed by atoms with Gasteiger partial charge >= 0.3 is 0 Å². The van der Waals surface area contributed by atoms with E-state index in [9.17, 15) is 10.5 Å². The van der Waals surface area contributed by atoms with Crippen molar-refractivity contribution >= 4 is 27.8 Å². The molecule has 244 valence electrons. The van der Waals surface area contributed by atoms with Gasteiger partial charge in [0.25, 0.3) is 0 Å². The molecular weight excluding hydrogens is 631 g/mol. The highest BCUT2D eigenvalue weighted by molar-refractivity contribution is 6.05. The molecule has 3 heteroatoms. The number of rotatable bonds is 7. The molecule has 52 heavy (non-hydrogen) atoms. The Labute approximate surface area is 304 Å². The van der Waals surface area contributed by atoms with Gasteiger partial charge < -0.3 is 4.90 Å². The average Bonchev–Trinajstić information content (AvgIpc) is 3.21. The number of nitriles is 2. The molecular formula is C49H33N3. The zero-order chi connectivity index (χ0) is 35.4. The number of hydrogen-bond donors (Lipinski definition) is 0. The Morgan fingerprint density at radius 3 is 1.44 bits per heavy atom. The fourth-order valence-corrected chi connectivity index (χ4v) is 7.19. The molecule has 8 rings (SSSR count). The summed E-state index contributed by atoms with van der Waals surface area (Å²) < 4.78 is 0. The molecule has 0 radical (unpaired) electrons. The quantitative estimate of drug-likeness (QED) is 0.170. The molecule has 0 unspecified atom stereocenters. The first-order valence-electron chi connectivity index (χ1n) is 17.3. The molecule has 0 N–H and O–H groups in total. The summed E-state index contributed by atoms with van der Waals surface area (Å²) in [4.78, 5) is 2.24. The lowest BCUT2D eigenvalue weighted by atomic mass is 9.90. The van der Waals surface area contributed by atoms with Crippen molar-refractivity contribution in [3.8, 4) is 56.6 Å². The van der Waals surface area contributed by atoms with Crippen LogP contribution in [-0.4, -0.2) is 0 Å². The van der Waals surface area contributed by atoms with Gasteiger partial charge in [0.2, 0.25) is 0 Å². The number of aryl methyl sites for hydroxylation is 1. The lowest BCUT2D eigenvalue weighted by Crippen LogP contribution is -2.10. The second-order valence-electron chi connectivity index (χ2n) is 12.8. The minimum Gasteiger partial charge on any atom is -0.310 e. The Balaban J connectivity index is 1.29. The number of nitrogens with zero attached hydrogens (tertiary/aromatic N) is 3. The first-order chi connectivity index (χ1) is 25.6. The molecule has 0 atom stereocenters. The first kappa shape index (κ1) is 32.0. The van der Waals surface area contributed by atoms with E-state index >= 15 is 0 Å². The van der Waals surface area contributed by atoms with Crippen molar-refractivity contribution in [3.63, 3.8) is 0 Å². The summed E-state index contributed by atoms with van der Waals surface area (Å²) in [7, 11) is 0. The number of hydrogen-bond acceptors (Lipinski definition) is 3. The van der Waals surface area contributed by atoms with E-state index in [2.05, 4.69) is 139 Å². The maximum Gasteiger partial charge on any atom is 0.0998 e. The van der Waals surface area contributed by atoms with Gasteiger partial charge in [-0.05, 0) is 122 Å². The smallest absolute Gasteiger partial charge is 0.0998 e. The maximum absolute atomic E-state index is 10.1. The van der Waals surface area contributed by atoms with Crippen molar-refractivity contribution in [2.45, 2.75) is 6.92 Å². The SMILES string of the molecule is Cc1ccccc1-c1ccc(-c2ccc(N(c3ccccc3)c3cc(-c4ccccc4C#N)cc(-c4ccccc4C#N)c3)cc2)c2ccccc12. The van der Waals surface area contributed by atoms with Gasteiger partial charge in [-0.25, -0.2) is 0 Å². The van der Waals surface area contributed by atoms with Crippen molar-refractivity contribution < 1.29 is 0 Å². The van der Waals surface area contributed by atoms with Gasteiger partial charge in [-0.2, -0.15) is 10.5 Å². The molecule has 0 aromatic heterocycles. The Bertz CT molecular complexity index is 2580. The highest BCUT2D eigenvalue weighted by atomic mass is 15.1. The van der Waals surface area contributed by atoms with Crippen molar-refractivity contribution in [1.29, 1.82) is 10.5 Å². The predicted molar refractivity (Wildman–Crippen MR) is 215 cm³/mol. The molecule has 8 aromatic rings. The highest BCUT2D eigenvalue weighted by Crippen LogP contribution is 2.42. The van der Waals surface area contributed by atoms with Crippen LogP contribution < -0.4 is 4.90 Å². The lowest BCUT2D eigenvalue weighted by molar-refractivity contribution is 1.28. The molecule has 0 saturated carbocycles. The van der Waals surface area contributed by atoms with Gasteiger partial charge in [0, 0.05) is 17.1 Å². The summed E-state index contributed by atoms with van der Waals surface area (Å²) >= 11 is 0. The van der Waals surface area contributed by atoms with Crippen molar-refractivity contribution in [3.05, 3.63) is 199 Å². The second-order valence-corrected chi connectivity index (χ2v) is 12.8. The summed E-state index contributed by atoms with van der Waals surface area (Å²) in [6.07, 6.45) is 0. The molecule has 0 heterocycles. The monoisotopic (exact) mass is 663 g/mol.